The van der Waals surface area contributed by atoms with Crippen LogP contribution in [0.1, 0.15) is 47.4 Å². The Morgan fingerprint density at radius 2 is 2.03 bits per heavy atom. The van der Waals surface area contributed by atoms with Crippen LogP contribution in [0.25, 0.3) is 0 Å². The second-order valence-electron chi connectivity index (χ2n) is 7.49. The van der Waals surface area contributed by atoms with Crippen molar-refractivity contribution in [2.24, 2.45) is 0 Å². The molecular weight excluding hydrogens is 370 g/mol. The van der Waals surface area contributed by atoms with Gasteiger partial charge in [-0.25, -0.2) is 15.0 Å². The first-order chi connectivity index (χ1) is 14.2. The fraction of sp³-hybridized carbons (Fsp3) is 0.524. The van der Waals surface area contributed by atoms with Crippen molar-refractivity contribution in [3.05, 3.63) is 41.3 Å². The largest absolute Gasteiger partial charge is 0.474 e. The lowest BCUT2D eigenvalue weighted by molar-refractivity contribution is 0.0950. The van der Waals surface area contributed by atoms with Crippen molar-refractivity contribution in [3.8, 4) is 5.88 Å². The summed E-state index contributed by atoms with van der Waals surface area (Å²) in [6, 6.07) is 5.40. The zero-order chi connectivity index (χ0) is 20.1. The number of pyridine rings is 1. The summed E-state index contributed by atoms with van der Waals surface area (Å²) in [4.78, 5) is 28.0. The lowest BCUT2D eigenvalue weighted by Crippen LogP contribution is -2.37. The number of nitrogens with zero attached hydrogens (tertiary/aromatic N) is 4. The number of carbonyl (C=O) groups is 1. The predicted octanol–water partition coefficient (Wildman–Crippen LogP) is 2.27. The molecule has 1 aliphatic carbocycles. The van der Waals surface area contributed by atoms with Gasteiger partial charge in [-0.3, -0.25) is 4.79 Å². The maximum Gasteiger partial charge on any atom is 0.253 e. The van der Waals surface area contributed by atoms with Crippen LogP contribution < -0.4 is 15.0 Å². The van der Waals surface area contributed by atoms with Crippen LogP contribution in [0.2, 0.25) is 0 Å². The van der Waals surface area contributed by atoms with E-state index in [1.54, 1.807) is 18.3 Å². The second kappa shape index (κ2) is 9.17. The van der Waals surface area contributed by atoms with Crippen molar-refractivity contribution < 1.29 is 14.3 Å². The number of nitrogens with one attached hydrogen (secondary N) is 1. The van der Waals surface area contributed by atoms with Gasteiger partial charge in [-0.2, -0.15) is 0 Å². The van der Waals surface area contributed by atoms with Gasteiger partial charge in [0, 0.05) is 31.0 Å². The summed E-state index contributed by atoms with van der Waals surface area (Å²) in [6.45, 7) is 5.17. The Morgan fingerprint density at radius 3 is 2.76 bits per heavy atom. The minimum absolute atomic E-state index is 0.186. The van der Waals surface area contributed by atoms with Gasteiger partial charge < -0.3 is 19.7 Å². The summed E-state index contributed by atoms with van der Waals surface area (Å²) in [6.07, 6.45) is 6.39. The monoisotopic (exact) mass is 397 g/mol. The molecule has 8 heteroatoms. The molecule has 3 heterocycles. The number of anilines is 1. The van der Waals surface area contributed by atoms with E-state index < -0.39 is 0 Å². The first-order valence-corrected chi connectivity index (χ1v) is 10.3. The lowest BCUT2D eigenvalue weighted by atomic mass is 10.2. The molecule has 2 aliphatic rings. The zero-order valence-corrected chi connectivity index (χ0v) is 16.8. The van der Waals surface area contributed by atoms with Crippen LogP contribution in [0.15, 0.2) is 24.4 Å². The van der Waals surface area contributed by atoms with Gasteiger partial charge in [0.05, 0.1) is 31.0 Å². The molecular formula is C21H27N5O3. The molecule has 2 aromatic rings. The molecule has 1 N–H and O–H groups in total. The van der Waals surface area contributed by atoms with Crippen LogP contribution in [-0.2, 0) is 11.3 Å². The van der Waals surface area contributed by atoms with E-state index in [4.69, 9.17) is 9.47 Å². The Bertz CT molecular complexity index is 831. The highest BCUT2D eigenvalue weighted by atomic mass is 16.5. The molecule has 0 atom stereocenters. The standard InChI is InChI=1S/C21H27N5O3/c1-15-12-17(25-21(24-15)26-8-10-28-11-9-26)14-23-20(27)16-6-7-19(22-13-16)29-18-4-2-3-5-18/h6-7,12-13,18H,2-5,8-11,14H2,1H3,(H,23,27). The van der Waals surface area contributed by atoms with E-state index in [0.717, 1.165) is 37.3 Å². The number of morpholine rings is 1. The number of aryl methyl sites for hydroxylation is 1. The quantitative estimate of drug-likeness (QED) is 0.800. The molecule has 29 heavy (non-hydrogen) atoms. The summed E-state index contributed by atoms with van der Waals surface area (Å²) < 4.78 is 11.2. The average Bonchev–Trinajstić information content (AvgIpc) is 3.26. The van der Waals surface area contributed by atoms with Gasteiger partial charge in [0.2, 0.25) is 11.8 Å². The van der Waals surface area contributed by atoms with E-state index in [-0.39, 0.29) is 12.0 Å². The summed E-state index contributed by atoms with van der Waals surface area (Å²) in [5.41, 5.74) is 2.16. The van der Waals surface area contributed by atoms with Crippen LogP contribution >= 0.6 is 0 Å². The zero-order valence-electron chi connectivity index (χ0n) is 16.8. The van der Waals surface area contributed by atoms with E-state index in [0.29, 0.717) is 37.2 Å². The molecule has 0 radical (unpaired) electrons. The van der Waals surface area contributed by atoms with Crippen molar-refractivity contribution in [1.82, 2.24) is 20.3 Å². The van der Waals surface area contributed by atoms with Crippen molar-refractivity contribution in [2.45, 2.75) is 45.3 Å². The Balaban J connectivity index is 1.34. The van der Waals surface area contributed by atoms with Crippen LogP contribution in [0.5, 0.6) is 5.88 Å². The lowest BCUT2D eigenvalue weighted by Gasteiger charge is -2.27. The molecule has 1 amide bonds. The fourth-order valence-corrected chi connectivity index (χ4v) is 3.65. The second-order valence-corrected chi connectivity index (χ2v) is 7.49. The number of hydrogen-bond acceptors (Lipinski definition) is 7. The third-order valence-electron chi connectivity index (χ3n) is 5.21. The number of ether oxygens (including phenoxy) is 2. The predicted molar refractivity (Wildman–Crippen MR) is 108 cm³/mol. The molecule has 2 aromatic heterocycles. The SMILES string of the molecule is Cc1cc(CNC(=O)c2ccc(OC3CCCC3)nc2)nc(N2CCOCC2)n1. The van der Waals surface area contributed by atoms with Crippen LogP contribution in [0.3, 0.4) is 0 Å². The summed E-state index contributed by atoms with van der Waals surface area (Å²) >= 11 is 0. The molecule has 1 saturated carbocycles. The normalized spacial score (nSPS) is 17.3. The van der Waals surface area contributed by atoms with Crippen LogP contribution in [0.4, 0.5) is 5.95 Å². The molecule has 2 fully saturated rings. The highest BCUT2D eigenvalue weighted by molar-refractivity contribution is 5.93. The van der Waals surface area contributed by atoms with Gasteiger partial charge in [-0.1, -0.05) is 0 Å². The van der Waals surface area contributed by atoms with Gasteiger partial charge in [-0.15, -0.1) is 0 Å². The van der Waals surface area contributed by atoms with Gasteiger partial charge in [0.25, 0.3) is 5.91 Å². The Morgan fingerprint density at radius 1 is 1.24 bits per heavy atom. The minimum atomic E-state index is -0.186. The smallest absolute Gasteiger partial charge is 0.253 e. The van der Waals surface area contributed by atoms with Crippen LogP contribution in [0, 0.1) is 6.92 Å². The van der Waals surface area contributed by atoms with E-state index in [2.05, 4.69) is 25.2 Å². The molecule has 154 valence electrons. The highest BCUT2D eigenvalue weighted by Crippen LogP contribution is 2.22. The van der Waals surface area contributed by atoms with E-state index in [9.17, 15) is 4.79 Å². The Hall–Kier alpha value is -2.74. The number of aromatic nitrogens is 3. The van der Waals surface area contributed by atoms with Crippen LogP contribution in [-0.4, -0.2) is 53.3 Å². The minimum Gasteiger partial charge on any atom is -0.474 e. The molecule has 0 unspecified atom stereocenters. The van der Waals surface area contributed by atoms with E-state index >= 15 is 0 Å². The summed E-state index contributed by atoms with van der Waals surface area (Å²) in [7, 11) is 0. The fourth-order valence-electron chi connectivity index (χ4n) is 3.65. The number of hydrogen-bond donors (Lipinski definition) is 1. The first kappa shape index (κ1) is 19.6. The summed E-state index contributed by atoms with van der Waals surface area (Å²) in [5, 5.41) is 2.91. The molecule has 1 aliphatic heterocycles. The number of amides is 1. The maximum absolute atomic E-state index is 12.5. The van der Waals surface area contributed by atoms with E-state index in [1.807, 2.05) is 13.0 Å². The molecule has 4 rings (SSSR count). The summed E-state index contributed by atoms with van der Waals surface area (Å²) in [5.74, 6) is 1.08. The highest BCUT2D eigenvalue weighted by Gasteiger charge is 2.18. The van der Waals surface area contributed by atoms with Crippen molar-refractivity contribution >= 4 is 11.9 Å². The molecule has 0 spiro atoms. The molecule has 0 bridgehead atoms. The van der Waals surface area contributed by atoms with Gasteiger partial charge >= 0.3 is 0 Å². The van der Waals surface area contributed by atoms with Crippen molar-refractivity contribution in [1.29, 1.82) is 0 Å². The van der Waals surface area contributed by atoms with Crippen molar-refractivity contribution in [3.63, 3.8) is 0 Å². The molecule has 0 aromatic carbocycles. The topological polar surface area (TPSA) is 89.5 Å². The first-order valence-electron chi connectivity index (χ1n) is 10.3. The molecule has 1 saturated heterocycles. The molecule has 8 nitrogen and oxygen atoms in total. The van der Waals surface area contributed by atoms with E-state index in [1.165, 1.54) is 12.8 Å². The third-order valence-corrected chi connectivity index (χ3v) is 5.21. The van der Waals surface area contributed by atoms with Gasteiger partial charge in [0.1, 0.15) is 6.10 Å². The number of rotatable bonds is 6. The number of carbonyl (C=O) groups excluding carboxylic acids is 1. The van der Waals surface area contributed by atoms with Crippen molar-refractivity contribution in [2.75, 3.05) is 31.2 Å². The average molecular weight is 397 g/mol. The van der Waals surface area contributed by atoms with Gasteiger partial charge in [0.15, 0.2) is 0 Å². The maximum atomic E-state index is 12.5. The Kier molecular flexibility index (Phi) is 6.19. The van der Waals surface area contributed by atoms with Gasteiger partial charge in [-0.05, 0) is 44.7 Å². The third kappa shape index (κ3) is 5.20. The Labute approximate surface area is 170 Å².